The first-order valence-electron chi connectivity index (χ1n) is 19.0. The van der Waals surface area contributed by atoms with Crippen LogP contribution < -0.4 is 0 Å². The lowest BCUT2D eigenvalue weighted by Crippen LogP contribution is -1.94. The zero-order chi connectivity index (χ0) is 37.4. The van der Waals surface area contributed by atoms with Crippen LogP contribution in [0, 0.1) is 27.7 Å². The van der Waals surface area contributed by atoms with E-state index in [-0.39, 0.29) is 0 Å². The lowest BCUT2D eigenvalue weighted by molar-refractivity contribution is 1.19. The Morgan fingerprint density at radius 3 is 0.964 bits per heavy atom. The molecule has 0 bridgehead atoms. The maximum atomic E-state index is 2.58. The van der Waals surface area contributed by atoms with E-state index in [9.17, 15) is 0 Å². The van der Waals surface area contributed by atoms with E-state index in [2.05, 4.69) is 170 Å². The third-order valence-electron chi connectivity index (χ3n) is 11.5. The number of nitrogens with zero attached hydrogens (tertiary/aromatic N) is 2. The van der Waals surface area contributed by atoms with Gasteiger partial charge < -0.3 is 9.13 Å². The molecule has 0 atom stereocenters. The second-order valence-electron chi connectivity index (χ2n) is 15.3. The van der Waals surface area contributed by atoms with Gasteiger partial charge in [-0.1, -0.05) is 119 Å². The molecule has 12 rings (SSSR count). The van der Waals surface area contributed by atoms with Crippen molar-refractivity contribution in [2.24, 2.45) is 0 Å². The normalized spacial score (nSPS) is 12.3. The minimum absolute atomic E-state index is 1.22. The molecule has 56 heavy (non-hydrogen) atoms. The van der Waals surface area contributed by atoms with Gasteiger partial charge in [-0.05, 0) is 86.3 Å². The number of aryl methyl sites for hydroxylation is 4. The fourth-order valence-electron chi connectivity index (χ4n) is 8.52. The smallest absolute Gasteiger partial charge is 0.0838 e. The van der Waals surface area contributed by atoms with Crippen molar-refractivity contribution in [2.75, 3.05) is 0 Å². The van der Waals surface area contributed by atoms with E-state index in [4.69, 9.17) is 0 Å². The number of benzene rings is 6. The van der Waals surface area contributed by atoms with E-state index >= 15 is 0 Å². The lowest BCUT2D eigenvalue weighted by atomic mass is 10.0. The average Bonchev–Trinajstić information content (AvgIpc) is 4.04. The van der Waals surface area contributed by atoms with Crippen LogP contribution in [0.4, 0.5) is 0 Å². The number of fused-ring (bicyclic) bond motifs is 13. The van der Waals surface area contributed by atoms with Crippen molar-refractivity contribution in [3.63, 3.8) is 0 Å². The van der Waals surface area contributed by atoms with E-state index in [0.29, 0.717) is 0 Å². The molecule has 2 nitrogen and oxygen atoms in total. The molecular weight excluding hydrogens is 757 g/mol. The first-order chi connectivity index (χ1) is 27.4. The van der Waals surface area contributed by atoms with Gasteiger partial charge in [0.1, 0.15) is 0 Å². The molecule has 0 saturated carbocycles. The average molecular weight is 791 g/mol. The zero-order valence-corrected chi connectivity index (χ0v) is 34.5. The highest BCUT2D eigenvalue weighted by molar-refractivity contribution is 7.41. The van der Waals surface area contributed by atoms with Gasteiger partial charge in [-0.2, -0.15) is 0 Å². The van der Waals surface area contributed by atoms with Gasteiger partial charge in [0.2, 0.25) is 0 Å². The molecule has 0 spiro atoms. The van der Waals surface area contributed by atoms with Crippen molar-refractivity contribution in [3.05, 3.63) is 156 Å². The van der Waals surface area contributed by atoms with Gasteiger partial charge in [0, 0.05) is 31.5 Å². The van der Waals surface area contributed by atoms with Crippen LogP contribution in [0.15, 0.2) is 133 Å². The highest BCUT2D eigenvalue weighted by Gasteiger charge is 2.28. The molecule has 0 unspecified atom stereocenters. The van der Waals surface area contributed by atoms with Crippen LogP contribution in [0.2, 0.25) is 0 Å². The van der Waals surface area contributed by atoms with Crippen molar-refractivity contribution >= 4 is 116 Å². The predicted molar refractivity (Wildman–Crippen MR) is 249 cm³/mol. The van der Waals surface area contributed by atoms with E-state index in [0.717, 1.165) is 0 Å². The molecule has 0 aliphatic heterocycles. The molecule has 0 fully saturated rings. The topological polar surface area (TPSA) is 9.86 Å². The van der Waals surface area contributed by atoms with Crippen molar-refractivity contribution in [1.29, 1.82) is 0 Å². The summed E-state index contributed by atoms with van der Waals surface area (Å²) in [4.78, 5) is 0. The summed E-state index contributed by atoms with van der Waals surface area (Å²) in [6.07, 6.45) is 0. The molecular formula is C50H34N2S4. The van der Waals surface area contributed by atoms with Crippen LogP contribution in [0.3, 0.4) is 0 Å². The third-order valence-corrected chi connectivity index (χ3v) is 16.6. The van der Waals surface area contributed by atoms with E-state index < -0.39 is 0 Å². The molecule has 0 amide bonds. The Morgan fingerprint density at radius 1 is 0.304 bits per heavy atom. The van der Waals surface area contributed by atoms with E-state index in [1.165, 1.54) is 126 Å². The maximum absolute atomic E-state index is 2.58. The highest BCUT2D eigenvalue weighted by atomic mass is 32.1. The summed E-state index contributed by atoms with van der Waals surface area (Å²) in [7, 11) is 0. The fourth-order valence-corrected chi connectivity index (χ4v) is 14.1. The second-order valence-corrected chi connectivity index (χ2v) is 19.4. The molecule has 12 aromatic rings. The summed E-state index contributed by atoms with van der Waals surface area (Å²) in [5.74, 6) is 0. The van der Waals surface area contributed by atoms with Gasteiger partial charge in [-0.15, -0.1) is 45.3 Å². The number of rotatable bonds is 4. The molecule has 0 saturated heterocycles. The summed E-state index contributed by atoms with van der Waals surface area (Å²) >= 11 is 7.86. The molecule has 0 aliphatic rings. The minimum Gasteiger partial charge on any atom is -0.305 e. The molecule has 0 radical (unpaired) electrons. The molecule has 6 aromatic heterocycles. The van der Waals surface area contributed by atoms with Crippen LogP contribution in [-0.4, -0.2) is 9.13 Å². The summed E-state index contributed by atoms with van der Waals surface area (Å²) in [6.45, 7) is 8.66. The molecule has 6 aromatic carbocycles. The predicted octanol–water partition coefficient (Wildman–Crippen LogP) is 16.2. The largest absolute Gasteiger partial charge is 0.305 e. The first-order valence-corrected chi connectivity index (χ1v) is 22.3. The Kier molecular flexibility index (Phi) is 7.01. The summed E-state index contributed by atoms with van der Waals surface area (Å²) in [5.41, 5.74) is 17.9. The molecule has 6 heteroatoms. The lowest BCUT2D eigenvalue weighted by Gasteiger charge is -2.09. The van der Waals surface area contributed by atoms with Crippen molar-refractivity contribution in [3.8, 4) is 33.6 Å². The van der Waals surface area contributed by atoms with Gasteiger partial charge in [-0.25, -0.2) is 0 Å². The van der Waals surface area contributed by atoms with Crippen LogP contribution in [-0.2, 0) is 0 Å². The number of hydrogen-bond donors (Lipinski definition) is 0. The van der Waals surface area contributed by atoms with Crippen molar-refractivity contribution in [2.45, 2.75) is 27.7 Å². The van der Waals surface area contributed by atoms with Gasteiger partial charge in [0.05, 0.1) is 50.3 Å². The van der Waals surface area contributed by atoms with Crippen molar-refractivity contribution in [1.82, 2.24) is 9.13 Å². The number of aromatic nitrogens is 2. The standard InChI is InChI=1S/C50H34N2S4/c1-27-5-13-31(14-6-27)33-17-23-37-39(25-33)53-45-41(37)51(35-19-9-29(3)10-20-35)43-47(45)55-50-44-48(56-49(43)50)46-42(52(44)36-21-11-30(4)12-22-36)38-24-18-34(26-40(38)54-46)32-15-7-28(2)8-16-32/h5-26H,1-4H3. The van der Waals surface area contributed by atoms with Crippen molar-refractivity contribution < 1.29 is 0 Å². The zero-order valence-electron chi connectivity index (χ0n) is 31.2. The first kappa shape index (κ1) is 32.7. The third kappa shape index (κ3) is 4.71. The van der Waals surface area contributed by atoms with Crippen LogP contribution in [0.1, 0.15) is 22.3 Å². The number of thiophene rings is 4. The quantitative estimate of drug-likeness (QED) is 0.168. The monoisotopic (exact) mass is 790 g/mol. The second kappa shape index (κ2) is 12.0. The maximum Gasteiger partial charge on any atom is 0.0838 e. The Morgan fingerprint density at radius 2 is 0.607 bits per heavy atom. The number of hydrogen-bond acceptors (Lipinski definition) is 4. The molecule has 0 aliphatic carbocycles. The SMILES string of the molecule is Cc1ccc(-c2ccc3c(c2)sc2c4sc5c(sc6c7sc8cc(-c9ccc(C)cc9)ccc8c7n(-c7ccc(C)cc7)c65)c4n(-c4ccc(C)cc4)c32)cc1. The van der Waals surface area contributed by atoms with E-state index in [1.54, 1.807) is 0 Å². The van der Waals surface area contributed by atoms with Crippen LogP contribution in [0.25, 0.3) is 104 Å². The molecule has 268 valence electrons. The summed E-state index contributed by atoms with van der Waals surface area (Å²) in [6, 6.07) is 50.2. The van der Waals surface area contributed by atoms with Gasteiger partial charge >= 0.3 is 0 Å². The van der Waals surface area contributed by atoms with E-state index in [1.807, 2.05) is 45.3 Å². The Bertz CT molecular complexity index is 3290. The fraction of sp³-hybridized carbons (Fsp3) is 0.0800. The minimum atomic E-state index is 1.22. The van der Waals surface area contributed by atoms with Gasteiger partial charge in [0.25, 0.3) is 0 Å². The van der Waals surface area contributed by atoms with Crippen LogP contribution in [0.5, 0.6) is 0 Å². The summed E-state index contributed by atoms with van der Waals surface area (Å²) in [5, 5.41) is 2.64. The summed E-state index contributed by atoms with van der Waals surface area (Å²) < 4.78 is 16.1. The highest BCUT2D eigenvalue weighted by Crippen LogP contribution is 2.56. The molecule has 0 N–H and O–H groups in total. The Hall–Kier alpha value is -5.50. The Labute approximate surface area is 339 Å². The van der Waals surface area contributed by atoms with Gasteiger partial charge in [-0.3, -0.25) is 0 Å². The van der Waals surface area contributed by atoms with Crippen LogP contribution >= 0.6 is 45.3 Å². The Balaban J connectivity index is 1.17. The molecule has 6 heterocycles. The van der Waals surface area contributed by atoms with Gasteiger partial charge in [0.15, 0.2) is 0 Å².